The first-order valence-corrected chi connectivity index (χ1v) is 15.7. The second kappa shape index (κ2) is 14.2. The number of phenolic OH excluding ortho intramolecular Hbond substituents is 1. The summed E-state index contributed by atoms with van der Waals surface area (Å²) >= 11 is 0.844. The van der Waals surface area contributed by atoms with Gasteiger partial charge in [0, 0.05) is 18.3 Å². The number of carbonyl (C=O) groups excluding carboxylic acids is 3. The molecule has 1 saturated carbocycles. The summed E-state index contributed by atoms with van der Waals surface area (Å²) in [7, 11) is 0. The van der Waals surface area contributed by atoms with E-state index in [9.17, 15) is 19.5 Å². The summed E-state index contributed by atoms with van der Waals surface area (Å²) in [5.41, 5.74) is 9.45. The lowest BCUT2D eigenvalue weighted by Crippen LogP contribution is -2.44. The predicted molar refractivity (Wildman–Crippen MR) is 173 cm³/mol. The fourth-order valence-electron chi connectivity index (χ4n) is 5.46. The average molecular weight is 612 g/mol. The van der Waals surface area contributed by atoms with E-state index in [0.717, 1.165) is 54.8 Å². The standard InChI is InChI=1S/C34H37N5O4S/c1-22-12-16-26(17-13-22)39(34(43)31-28(35)29(38-44-31)32(41)37-25-10-6-3-7-11-25)30(24-14-18-27(40)19-15-24)33(42)36-21-20-23-8-4-2-5-9-23/h2,4-5,8-9,12-19,25,30,40H,3,6-7,10-11,20-21,35H2,1H3,(H,36,42)(H,37,41)/t30-/m0/s1. The van der Waals surface area contributed by atoms with Gasteiger partial charge in [-0.1, -0.05) is 79.4 Å². The summed E-state index contributed by atoms with van der Waals surface area (Å²) in [6, 6.07) is 22.2. The van der Waals surface area contributed by atoms with Crippen LogP contribution in [-0.4, -0.2) is 39.8 Å². The molecule has 228 valence electrons. The van der Waals surface area contributed by atoms with Crippen LogP contribution in [0.25, 0.3) is 0 Å². The van der Waals surface area contributed by atoms with Crippen molar-refractivity contribution in [2.24, 2.45) is 0 Å². The van der Waals surface area contributed by atoms with Crippen LogP contribution in [0.2, 0.25) is 0 Å². The Morgan fingerprint density at radius 2 is 1.66 bits per heavy atom. The van der Waals surface area contributed by atoms with Crippen molar-refractivity contribution in [1.82, 2.24) is 15.0 Å². The van der Waals surface area contributed by atoms with Gasteiger partial charge in [-0.15, -0.1) is 0 Å². The predicted octanol–water partition coefficient (Wildman–Crippen LogP) is 5.55. The van der Waals surface area contributed by atoms with Crippen molar-refractivity contribution < 1.29 is 19.5 Å². The van der Waals surface area contributed by atoms with Crippen molar-refractivity contribution >= 4 is 40.6 Å². The molecule has 0 spiro atoms. The van der Waals surface area contributed by atoms with Crippen molar-refractivity contribution in [3.05, 3.63) is 106 Å². The molecule has 0 bridgehead atoms. The van der Waals surface area contributed by atoms with E-state index in [2.05, 4.69) is 15.0 Å². The van der Waals surface area contributed by atoms with Gasteiger partial charge in [-0.2, -0.15) is 4.37 Å². The Hall–Kier alpha value is -4.70. The van der Waals surface area contributed by atoms with Gasteiger partial charge >= 0.3 is 0 Å². The molecule has 1 fully saturated rings. The molecule has 3 aromatic carbocycles. The molecule has 9 nitrogen and oxygen atoms in total. The van der Waals surface area contributed by atoms with E-state index in [-0.39, 0.29) is 28.0 Å². The first kappa shape index (κ1) is 30.7. The number of aryl methyl sites for hydroxylation is 1. The maximum Gasteiger partial charge on any atom is 0.273 e. The van der Waals surface area contributed by atoms with E-state index in [1.165, 1.54) is 17.0 Å². The third kappa shape index (κ3) is 7.26. The van der Waals surface area contributed by atoms with Crippen LogP contribution in [0.4, 0.5) is 11.4 Å². The van der Waals surface area contributed by atoms with E-state index in [1.807, 2.05) is 49.4 Å². The van der Waals surface area contributed by atoms with E-state index < -0.39 is 23.8 Å². The normalized spacial score (nSPS) is 14.0. The number of amides is 3. The minimum atomic E-state index is -1.11. The number of nitrogens with two attached hydrogens (primary N) is 1. The number of benzene rings is 3. The Morgan fingerprint density at radius 3 is 2.34 bits per heavy atom. The van der Waals surface area contributed by atoms with Gasteiger partial charge in [0.1, 0.15) is 16.7 Å². The first-order chi connectivity index (χ1) is 21.3. The van der Waals surface area contributed by atoms with Crippen LogP contribution in [-0.2, 0) is 11.2 Å². The lowest BCUT2D eigenvalue weighted by molar-refractivity contribution is -0.122. The van der Waals surface area contributed by atoms with Gasteiger partial charge in [-0.05, 0) is 73.1 Å². The highest BCUT2D eigenvalue weighted by Crippen LogP contribution is 2.34. The van der Waals surface area contributed by atoms with Gasteiger partial charge in [-0.3, -0.25) is 19.3 Å². The smallest absolute Gasteiger partial charge is 0.273 e. The molecular formula is C34H37N5O4S. The second-order valence-electron chi connectivity index (χ2n) is 11.1. The van der Waals surface area contributed by atoms with E-state index in [0.29, 0.717) is 24.2 Å². The number of nitrogens with one attached hydrogen (secondary N) is 2. The van der Waals surface area contributed by atoms with E-state index in [1.54, 1.807) is 24.3 Å². The molecule has 5 rings (SSSR count). The number of carbonyl (C=O) groups is 3. The molecule has 0 unspecified atom stereocenters. The average Bonchev–Trinajstić information content (AvgIpc) is 3.43. The molecule has 0 saturated heterocycles. The molecule has 1 aromatic heterocycles. The molecule has 1 heterocycles. The van der Waals surface area contributed by atoms with Crippen LogP contribution in [0.1, 0.15) is 75.0 Å². The zero-order valence-corrected chi connectivity index (χ0v) is 25.5. The Kier molecular flexibility index (Phi) is 9.91. The molecule has 5 N–H and O–H groups in total. The van der Waals surface area contributed by atoms with Crippen molar-refractivity contribution in [2.45, 2.75) is 57.5 Å². The van der Waals surface area contributed by atoms with Crippen molar-refractivity contribution in [3.63, 3.8) is 0 Å². The van der Waals surface area contributed by atoms with Gasteiger partial charge in [0.2, 0.25) is 5.91 Å². The number of hydrogen-bond donors (Lipinski definition) is 4. The molecule has 1 aliphatic rings. The highest BCUT2D eigenvalue weighted by atomic mass is 32.1. The summed E-state index contributed by atoms with van der Waals surface area (Å²) in [6.07, 6.45) is 5.67. The van der Waals surface area contributed by atoms with E-state index >= 15 is 0 Å². The number of nitrogens with zero attached hydrogens (tertiary/aromatic N) is 2. The second-order valence-corrected chi connectivity index (χ2v) is 11.9. The first-order valence-electron chi connectivity index (χ1n) is 14.9. The highest BCUT2D eigenvalue weighted by Gasteiger charge is 2.36. The topological polar surface area (TPSA) is 138 Å². The third-order valence-electron chi connectivity index (χ3n) is 7.88. The molecule has 4 aromatic rings. The Labute approximate surface area is 261 Å². The van der Waals surface area contributed by atoms with Crippen LogP contribution in [0.15, 0.2) is 78.9 Å². The number of phenols is 1. The fourth-order valence-corrected chi connectivity index (χ4v) is 6.20. The van der Waals surface area contributed by atoms with Crippen LogP contribution in [0, 0.1) is 6.92 Å². The molecule has 0 radical (unpaired) electrons. The number of anilines is 2. The molecule has 1 aliphatic carbocycles. The van der Waals surface area contributed by atoms with E-state index in [4.69, 9.17) is 5.73 Å². The van der Waals surface area contributed by atoms with Crippen LogP contribution in [0.3, 0.4) is 0 Å². The summed E-state index contributed by atoms with van der Waals surface area (Å²) in [4.78, 5) is 43.0. The molecule has 44 heavy (non-hydrogen) atoms. The highest BCUT2D eigenvalue weighted by molar-refractivity contribution is 7.09. The zero-order valence-electron chi connectivity index (χ0n) is 24.7. The number of nitrogen functional groups attached to an aromatic ring is 1. The minimum absolute atomic E-state index is 0.0145. The molecule has 10 heteroatoms. The van der Waals surface area contributed by atoms with Crippen LogP contribution >= 0.6 is 11.5 Å². The van der Waals surface area contributed by atoms with Crippen LogP contribution in [0.5, 0.6) is 5.75 Å². The van der Waals surface area contributed by atoms with Gasteiger partial charge in [0.15, 0.2) is 5.69 Å². The molecule has 1 atom stereocenters. The van der Waals surface area contributed by atoms with Gasteiger partial charge < -0.3 is 21.5 Å². The third-order valence-corrected chi connectivity index (χ3v) is 8.73. The van der Waals surface area contributed by atoms with Gasteiger partial charge in [0.05, 0.1) is 5.69 Å². The molecule has 0 aliphatic heterocycles. The Balaban J connectivity index is 1.48. The maximum atomic E-state index is 14.4. The SMILES string of the molecule is Cc1ccc(N(C(=O)c2snc(C(=O)NC3CCCCC3)c2N)[C@H](C(=O)NCCc2ccccc2)c2ccc(O)cc2)cc1. The van der Waals surface area contributed by atoms with Gasteiger partial charge in [-0.25, -0.2) is 0 Å². The number of aromatic hydroxyl groups is 1. The summed E-state index contributed by atoms with van der Waals surface area (Å²) < 4.78 is 4.29. The molecular weight excluding hydrogens is 574 g/mol. The lowest BCUT2D eigenvalue weighted by atomic mass is 9.95. The summed E-state index contributed by atoms with van der Waals surface area (Å²) in [6.45, 7) is 2.28. The number of rotatable bonds is 10. The van der Waals surface area contributed by atoms with Crippen molar-refractivity contribution in [3.8, 4) is 5.75 Å². The fraction of sp³-hybridized carbons (Fsp3) is 0.294. The van der Waals surface area contributed by atoms with Crippen molar-refractivity contribution in [1.29, 1.82) is 0 Å². The van der Waals surface area contributed by atoms with Crippen molar-refractivity contribution in [2.75, 3.05) is 17.2 Å². The quantitative estimate of drug-likeness (QED) is 0.186. The van der Waals surface area contributed by atoms with Gasteiger partial charge in [0.25, 0.3) is 11.8 Å². The minimum Gasteiger partial charge on any atom is -0.508 e. The van der Waals surface area contributed by atoms with Crippen LogP contribution < -0.4 is 21.3 Å². The largest absolute Gasteiger partial charge is 0.508 e. The summed E-state index contributed by atoms with van der Waals surface area (Å²) in [5.74, 6) is -1.33. The Bertz CT molecular complexity index is 1580. The number of aromatic nitrogens is 1. The molecule has 3 amide bonds. The Morgan fingerprint density at radius 1 is 0.977 bits per heavy atom. The monoisotopic (exact) mass is 611 g/mol. The summed E-state index contributed by atoms with van der Waals surface area (Å²) in [5, 5.41) is 16.0. The lowest BCUT2D eigenvalue weighted by Gasteiger charge is -2.31. The number of hydrogen-bond acceptors (Lipinski definition) is 7. The maximum absolute atomic E-state index is 14.4. The zero-order chi connectivity index (χ0) is 31.1.